The van der Waals surface area contributed by atoms with E-state index >= 15 is 0 Å². The van der Waals surface area contributed by atoms with Gasteiger partial charge in [0.15, 0.2) is 0 Å². The van der Waals surface area contributed by atoms with Gasteiger partial charge in [-0.05, 0) is 20.3 Å². The second-order valence-corrected chi connectivity index (χ2v) is 4.93. The van der Waals surface area contributed by atoms with Crippen LogP contribution in [0.2, 0.25) is 0 Å². The van der Waals surface area contributed by atoms with Gasteiger partial charge in [0, 0.05) is 51.9 Å². The Morgan fingerprint density at radius 2 is 1.88 bits per heavy atom. The molecule has 0 spiro atoms. The minimum Gasteiger partial charge on any atom is -0.385 e. The van der Waals surface area contributed by atoms with E-state index in [4.69, 9.17) is 4.74 Å². The number of piperazine rings is 1. The van der Waals surface area contributed by atoms with Gasteiger partial charge in [-0.2, -0.15) is 0 Å². The normalized spacial score (nSPS) is 26.2. The van der Waals surface area contributed by atoms with E-state index in [-0.39, 0.29) is 5.91 Å². The van der Waals surface area contributed by atoms with Crippen LogP contribution in [0.1, 0.15) is 33.6 Å². The third-order valence-corrected chi connectivity index (χ3v) is 3.52. The first-order chi connectivity index (χ1) is 8.10. The van der Waals surface area contributed by atoms with Crippen molar-refractivity contribution in [3.63, 3.8) is 0 Å². The number of nitrogens with zero attached hydrogens (tertiary/aromatic N) is 2. The molecule has 0 aliphatic carbocycles. The topological polar surface area (TPSA) is 32.8 Å². The Morgan fingerprint density at radius 3 is 2.35 bits per heavy atom. The number of rotatable bonds is 5. The summed E-state index contributed by atoms with van der Waals surface area (Å²) >= 11 is 0. The van der Waals surface area contributed by atoms with E-state index in [0.29, 0.717) is 18.5 Å². The van der Waals surface area contributed by atoms with E-state index < -0.39 is 0 Å². The molecule has 0 aromatic carbocycles. The van der Waals surface area contributed by atoms with Gasteiger partial charge in [0.1, 0.15) is 0 Å². The highest BCUT2D eigenvalue weighted by Gasteiger charge is 2.30. The molecule has 0 radical (unpaired) electrons. The Labute approximate surface area is 105 Å². The fraction of sp³-hybridized carbons (Fsp3) is 0.923. The summed E-state index contributed by atoms with van der Waals surface area (Å²) < 4.78 is 5.09. The van der Waals surface area contributed by atoms with Crippen molar-refractivity contribution in [2.24, 2.45) is 0 Å². The largest absolute Gasteiger partial charge is 0.385 e. The van der Waals surface area contributed by atoms with E-state index in [1.165, 1.54) is 0 Å². The molecule has 0 aromatic heterocycles. The molecule has 2 atom stereocenters. The Bertz CT molecular complexity index is 234. The van der Waals surface area contributed by atoms with E-state index in [1.807, 2.05) is 11.8 Å². The maximum atomic E-state index is 11.7. The lowest BCUT2D eigenvalue weighted by molar-refractivity contribution is -0.135. The first-order valence-corrected chi connectivity index (χ1v) is 6.62. The summed E-state index contributed by atoms with van der Waals surface area (Å²) in [5.41, 5.74) is 0. The minimum absolute atomic E-state index is 0.278. The SMILES string of the molecule is CCC(=O)N1CC(C)N(CCCOC)C(C)C1. The Kier molecular flexibility index (Phi) is 5.92. The fourth-order valence-electron chi connectivity index (χ4n) is 2.62. The molecule has 4 heteroatoms. The lowest BCUT2D eigenvalue weighted by atomic mass is 10.1. The Hall–Kier alpha value is -0.610. The summed E-state index contributed by atoms with van der Waals surface area (Å²) in [7, 11) is 1.74. The number of carbonyl (C=O) groups is 1. The highest BCUT2D eigenvalue weighted by atomic mass is 16.5. The van der Waals surface area contributed by atoms with Crippen LogP contribution in [0, 0.1) is 0 Å². The van der Waals surface area contributed by atoms with E-state index in [2.05, 4.69) is 18.7 Å². The van der Waals surface area contributed by atoms with Crippen molar-refractivity contribution >= 4 is 5.91 Å². The van der Waals surface area contributed by atoms with Crippen molar-refractivity contribution in [3.05, 3.63) is 0 Å². The van der Waals surface area contributed by atoms with Crippen LogP contribution in [0.25, 0.3) is 0 Å². The van der Waals surface area contributed by atoms with E-state index in [9.17, 15) is 4.79 Å². The average molecular weight is 242 g/mol. The molecule has 0 bridgehead atoms. The zero-order chi connectivity index (χ0) is 12.8. The number of hydrogen-bond donors (Lipinski definition) is 0. The first kappa shape index (κ1) is 14.5. The van der Waals surface area contributed by atoms with Crippen LogP contribution in [-0.4, -0.2) is 61.1 Å². The van der Waals surface area contributed by atoms with Gasteiger partial charge in [-0.15, -0.1) is 0 Å². The molecular weight excluding hydrogens is 216 g/mol. The Morgan fingerprint density at radius 1 is 1.29 bits per heavy atom. The molecule has 4 nitrogen and oxygen atoms in total. The monoisotopic (exact) mass is 242 g/mol. The number of methoxy groups -OCH3 is 1. The summed E-state index contributed by atoms with van der Waals surface area (Å²) in [4.78, 5) is 16.2. The predicted octanol–water partition coefficient (Wildman–Crippen LogP) is 1.35. The lowest BCUT2D eigenvalue weighted by Crippen LogP contribution is -2.58. The molecule has 1 amide bonds. The van der Waals surface area contributed by atoms with Gasteiger partial charge >= 0.3 is 0 Å². The molecule has 1 rings (SSSR count). The van der Waals surface area contributed by atoms with Crippen molar-refractivity contribution in [2.75, 3.05) is 33.4 Å². The zero-order valence-electron chi connectivity index (χ0n) is 11.6. The van der Waals surface area contributed by atoms with Crippen molar-refractivity contribution in [2.45, 2.75) is 45.7 Å². The molecule has 1 aliphatic rings. The minimum atomic E-state index is 0.278. The first-order valence-electron chi connectivity index (χ1n) is 6.62. The van der Waals surface area contributed by atoms with Crippen LogP contribution < -0.4 is 0 Å². The maximum absolute atomic E-state index is 11.7. The van der Waals surface area contributed by atoms with Crippen LogP contribution in [0.3, 0.4) is 0 Å². The van der Waals surface area contributed by atoms with Crippen LogP contribution in [0.15, 0.2) is 0 Å². The van der Waals surface area contributed by atoms with Crippen molar-refractivity contribution in [1.82, 2.24) is 9.80 Å². The van der Waals surface area contributed by atoms with Crippen LogP contribution in [-0.2, 0) is 9.53 Å². The number of amides is 1. The molecule has 2 unspecified atom stereocenters. The summed E-state index contributed by atoms with van der Waals surface area (Å²) in [5.74, 6) is 0.278. The van der Waals surface area contributed by atoms with Gasteiger partial charge < -0.3 is 9.64 Å². The number of ether oxygens (including phenoxy) is 1. The van der Waals surface area contributed by atoms with Crippen molar-refractivity contribution < 1.29 is 9.53 Å². The van der Waals surface area contributed by atoms with Crippen molar-refractivity contribution in [3.8, 4) is 0 Å². The highest BCUT2D eigenvalue weighted by molar-refractivity contribution is 5.76. The van der Waals surface area contributed by atoms with Gasteiger partial charge in [0.2, 0.25) is 5.91 Å². The molecule has 1 heterocycles. The van der Waals surface area contributed by atoms with Gasteiger partial charge in [-0.1, -0.05) is 6.92 Å². The molecule has 0 aromatic rings. The van der Waals surface area contributed by atoms with E-state index in [1.54, 1.807) is 7.11 Å². The summed E-state index contributed by atoms with van der Waals surface area (Å²) in [6.45, 7) is 9.95. The van der Waals surface area contributed by atoms with Gasteiger partial charge in [0.25, 0.3) is 0 Å². The van der Waals surface area contributed by atoms with Gasteiger partial charge in [-0.25, -0.2) is 0 Å². The summed E-state index contributed by atoms with van der Waals surface area (Å²) in [6.07, 6.45) is 1.68. The molecular formula is C13H26N2O2. The maximum Gasteiger partial charge on any atom is 0.222 e. The van der Waals surface area contributed by atoms with Crippen LogP contribution in [0.5, 0.6) is 0 Å². The van der Waals surface area contributed by atoms with Crippen molar-refractivity contribution in [1.29, 1.82) is 0 Å². The molecule has 0 N–H and O–H groups in total. The predicted molar refractivity (Wildman–Crippen MR) is 69.0 cm³/mol. The van der Waals surface area contributed by atoms with Gasteiger partial charge in [-0.3, -0.25) is 9.69 Å². The number of hydrogen-bond acceptors (Lipinski definition) is 3. The lowest BCUT2D eigenvalue weighted by Gasteiger charge is -2.44. The quantitative estimate of drug-likeness (QED) is 0.682. The second kappa shape index (κ2) is 6.97. The van der Waals surface area contributed by atoms with Gasteiger partial charge in [0.05, 0.1) is 0 Å². The second-order valence-electron chi connectivity index (χ2n) is 4.93. The molecule has 1 saturated heterocycles. The average Bonchev–Trinajstić information content (AvgIpc) is 2.31. The number of carbonyl (C=O) groups excluding carboxylic acids is 1. The highest BCUT2D eigenvalue weighted by Crippen LogP contribution is 2.16. The zero-order valence-corrected chi connectivity index (χ0v) is 11.6. The standard InChI is InChI=1S/C13H26N2O2/c1-5-13(16)14-9-11(2)15(12(3)10-14)7-6-8-17-4/h11-12H,5-10H2,1-4H3. The molecule has 1 fully saturated rings. The Balaban J connectivity index is 2.47. The summed E-state index contributed by atoms with van der Waals surface area (Å²) in [5, 5.41) is 0. The van der Waals surface area contributed by atoms with E-state index in [0.717, 1.165) is 32.7 Å². The molecule has 17 heavy (non-hydrogen) atoms. The van der Waals surface area contributed by atoms with Crippen LogP contribution in [0.4, 0.5) is 0 Å². The third-order valence-electron chi connectivity index (χ3n) is 3.52. The smallest absolute Gasteiger partial charge is 0.222 e. The third kappa shape index (κ3) is 3.96. The summed E-state index contributed by atoms with van der Waals surface area (Å²) in [6, 6.07) is 0.900. The van der Waals surface area contributed by atoms with Crippen LogP contribution >= 0.6 is 0 Å². The molecule has 100 valence electrons. The molecule has 0 saturated carbocycles. The fourth-order valence-corrected chi connectivity index (χ4v) is 2.62. The molecule has 1 aliphatic heterocycles.